The second-order valence-corrected chi connectivity index (χ2v) is 6.14. The van der Waals surface area contributed by atoms with Gasteiger partial charge < -0.3 is 10.1 Å². The molecular weight excluding hydrogens is 286 g/mol. The molecule has 0 aliphatic rings. The van der Waals surface area contributed by atoms with Crippen LogP contribution in [0.5, 0.6) is 0 Å². The third kappa shape index (κ3) is 4.21. The van der Waals surface area contributed by atoms with Crippen LogP contribution in [0.25, 0.3) is 0 Å². The van der Waals surface area contributed by atoms with Gasteiger partial charge in [0.1, 0.15) is 0 Å². The Morgan fingerprint density at radius 1 is 1.38 bits per heavy atom. The summed E-state index contributed by atoms with van der Waals surface area (Å²) in [5.74, 6) is 0. The third-order valence-electron chi connectivity index (χ3n) is 4.45. The van der Waals surface area contributed by atoms with E-state index in [0.29, 0.717) is 0 Å². The molecule has 1 N–H and O–H groups in total. The first kappa shape index (κ1) is 18.5. The lowest BCUT2D eigenvalue weighted by molar-refractivity contribution is -0.0291. The molecule has 0 aromatic carbocycles. The molecule has 0 bridgehead atoms. The summed E-state index contributed by atoms with van der Waals surface area (Å²) in [6.45, 7) is 9.54. The average molecular weight is 316 g/mol. The first-order chi connectivity index (χ1) is 9.93. The number of nitrogens with one attached hydrogen (secondary N) is 1. The first-order valence-electron chi connectivity index (χ1n) is 7.92. The number of aryl methyl sites for hydroxylation is 2. The molecular formula is C16H30ClN3O. The molecule has 0 aliphatic heterocycles. The monoisotopic (exact) mass is 315 g/mol. The number of hydrogen-bond donors (Lipinski definition) is 1. The molecule has 0 radical (unpaired) electrons. The highest BCUT2D eigenvalue weighted by molar-refractivity contribution is 6.31. The Labute approximate surface area is 134 Å². The molecule has 0 saturated carbocycles. The van der Waals surface area contributed by atoms with Gasteiger partial charge in [-0.2, -0.15) is 5.10 Å². The van der Waals surface area contributed by atoms with Crippen LogP contribution in [0.4, 0.5) is 0 Å². The molecule has 0 fully saturated rings. The molecule has 2 unspecified atom stereocenters. The van der Waals surface area contributed by atoms with E-state index in [1.807, 2.05) is 11.7 Å². The highest BCUT2D eigenvalue weighted by atomic mass is 35.5. The summed E-state index contributed by atoms with van der Waals surface area (Å²) in [6.07, 6.45) is 3.72. The summed E-state index contributed by atoms with van der Waals surface area (Å²) >= 11 is 6.49. The minimum atomic E-state index is -0.213. The Bertz CT molecular complexity index is 441. The van der Waals surface area contributed by atoms with Crippen LogP contribution < -0.4 is 5.32 Å². The van der Waals surface area contributed by atoms with Crippen LogP contribution in [-0.4, -0.2) is 35.1 Å². The Morgan fingerprint density at radius 3 is 2.48 bits per heavy atom. The van der Waals surface area contributed by atoms with Gasteiger partial charge in [-0.15, -0.1) is 0 Å². The first-order valence-corrected chi connectivity index (χ1v) is 8.29. The number of halogens is 1. The number of hydrogen-bond acceptors (Lipinski definition) is 3. The molecule has 122 valence electrons. The quantitative estimate of drug-likeness (QED) is 0.759. The van der Waals surface area contributed by atoms with Crippen LogP contribution >= 0.6 is 11.6 Å². The van der Waals surface area contributed by atoms with Crippen molar-refractivity contribution in [3.63, 3.8) is 0 Å². The predicted molar refractivity (Wildman–Crippen MR) is 89.1 cm³/mol. The molecule has 5 heteroatoms. The molecule has 2 atom stereocenters. The van der Waals surface area contributed by atoms with Gasteiger partial charge >= 0.3 is 0 Å². The Hall–Kier alpha value is -0.580. The Balaban J connectivity index is 3.03. The van der Waals surface area contributed by atoms with Crippen LogP contribution in [0.15, 0.2) is 0 Å². The van der Waals surface area contributed by atoms with Gasteiger partial charge in [-0.05, 0) is 32.7 Å². The van der Waals surface area contributed by atoms with Crippen molar-refractivity contribution in [1.82, 2.24) is 15.1 Å². The van der Waals surface area contributed by atoms with E-state index in [4.69, 9.17) is 16.3 Å². The zero-order valence-electron chi connectivity index (χ0n) is 14.3. The summed E-state index contributed by atoms with van der Waals surface area (Å²) < 4.78 is 7.71. The van der Waals surface area contributed by atoms with Gasteiger partial charge in [0.15, 0.2) is 0 Å². The molecule has 1 heterocycles. The van der Waals surface area contributed by atoms with E-state index >= 15 is 0 Å². The van der Waals surface area contributed by atoms with Crippen molar-refractivity contribution in [2.24, 2.45) is 7.05 Å². The highest BCUT2D eigenvalue weighted by Gasteiger charge is 2.33. The third-order valence-corrected chi connectivity index (χ3v) is 4.88. The highest BCUT2D eigenvalue weighted by Crippen LogP contribution is 2.27. The lowest BCUT2D eigenvalue weighted by Crippen LogP contribution is -2.51. The van der Waals surface area contributed by atoms with Crippen molar-refractivity contribution >= 4 is 11.6 Å². The molecule has 1 rings (SSSR count). The summed E-state index contributed by atoms with van der Waals surface area (Å²) in [6, 6.07) is 0.213. The van der Waals surface area contributed by atoms with Crippen molar-refractivity contribution in [2.45, 2.75) is 65.0 Å². The lowest BCUT2D eigenvalue weighted by atomic mass is 9.89. The van der Waals surface area contributed by atoms with Gasteiger partial charge in [-0.1, -0.05) is 32.4 Å². The average Bonchev–Trinajstić information content (AvgIpc) is 2.77. The Kier molecular flexibility index (Phi) is 7.17. The van der Waals surface area contributed by atoms with E-state index in [-0.39, 0.29) is 11.6 Å². The molecule has 0 spiro atoms. The summed E-state index contributed by atoms with van der Waals surface area (Å²) in [7, 11) is 3.75. The minimum Gasteiger partial charge on any atom is -0.377 e. The molecule has 0 amide bonds. The van der Waals surface area contributed by atoms with Gasteiger partial charge in [0.25, 0.3) is 0 Å². The Morgan fingerprint density at radius 2 is 2.05 bits per heavy atom. The van der Waals surface area contributed by atoms with Gasteiger partial charge in [0.2, 0.25) is 0 Å². The molecule has 1 aromatic rings. The van der Waals surface area contributed by atoms with Crippen molar-refractivity contribution in [3.8, 4) is 0 Å². The van der Waals surface area contributed by atoms with E-state index in [1.165, 1.54) is 0 Å². The van der Waals surface area contributed by atoms with Gasteiger partial charge in [-0.25, -0.2) is 0 Å². The second kappa shape index (κ2) is 8.16. The van der Waals surface area contributed by atoms with E-state index in [1.54, 1.807) is 7.11 Å². The molecule has 0 aliphatic carbocycles. The fraction of sp³-hybridized carbons (Fsp3) is 0.812. The maximum absolute atomic E-state index is 6.49. The summed E-state index contributed by atoms with van der Waals surface area (Å²) in [4.78, 5) is 0. The molecule has 0 saturated heterocycles. The van der Waals surface area contributed by atoms with E-state index in [0.717, 1.165) is 48.6 Å². The fourth-order valence-electron chi connectivity index (χ4n) is 2.59. The maximum atomic E-state index is 6.49. The number of aromatic nitrogens is 2. The molecule has 1 aromatic heterocycles. The zero-order valence-corrected chi connectivity index (χ0v) is 15.0. The maximum Gasteiger partial charge on any atom is 0.0850 e. The normalized spacial score (nSPS) is 16.0. The van der Waals surface area contributed by atoms with E-state index < -0.39 is 0 Å². The summed E-state index contributed by atoms with van der Waals surface area (Å²) in [5.41, 5.74) is 1.84. The van der Waals surface area contributed by atoms with E-state index in [9.17, 15) is 0 Å². The van der Waals surface area contributed by atoms with Crippen LogP contribution in [0, 0.1) is 0 Å². The van der Waals surface area contributed by atoms with Gasteiger partial charge in [-0.3, -0.25) is 4.68 Å². The smallest absolute Gasteiger partial charge is 0.0850 e. The van der Waals surface area contributed by atoms with Crippen molar-refractivity contribution < 1.29 is 4.74 Å². The van der Waals surface area contributed by atoms with Crippen molar-refractivity contribution in [2.75, 3.05) is 13.7 Å². The summed E-state index contributed by atoms with van der Waals surface area (Å²) in [5, 5.41) is 8.93. The standard InChI is InChI=1S/C16H30ClN3O/c1-7-10-18-14(16(4,9-3)21-6)11-13-15(17)12(8-2)19-20(13)5/h14,18H,7-11H2,1-6H3. The predicted octanol–water partition coefficient (Wildman–Crippen LogP) is 3.36. The van der Waals surface area contributed by atoms with Gasteiger partial charge in [0.05, 0.1) is 22.0 Å². The van der Waals surface area contributed by atoms with Crippen LogP contribution in [-0.2, 0) is 24.6 Å². The van der Waals surface area contributed by atoms with Crippen LogP contribution in [0.2, 0.25) is 5.02 Å². The van der Waals surface area contributed by atoms with Crippen LogP contribution in [0.3, 0.4) is 0 Å². The largest absolute Gasteiger partial charge is 0.377 e. The van der Waals surface area contributed by atoms with Crippen molar-refractivity contribution in [1.29, 1.82) is 0 Å². The van der Waals surface area contributed by atoms with Crippen molar-refractivity contribution in [3.05, 3.63) is 16.4 Å². The fourth-order valence-corrected chi connectivity index (χ4v) is 2.96. The number of rotatable bonds is 9. The zero-order chi connectivity index (χ0) is 16.0. The van der Waals surface area contributed by atoms with Gasteiger partial charge in [0, 0.05) is 26.6 Å². The second-order valence-electron chi connectivity index (χ2n) is 5.77. The topological polar surface area (TPSA) is 39.1 Å². The lowest BCUT2D eigenvalue weighted by Gasteiger charge is -2.36. The van der Waals surface area contributed by atoms with Crippen LogP contribution in [0.1, 0.15) is 51.9 Å². The number of ether oxygens (including phenoxy) is 1. The van der Waals surface area contributed by atoms with E-state index in [2.05, 4.69) is 38.1 Å². The minimum absolute atomic E-state index is 0.213. The molecule has 21 heavy (non-hydrogen) atoms. The number of nitrogens with zero attached hydrogens (tertiary/aromatic N) is 2. The number of methoxy groups -OCH3 is 1. The SMILES string of the molecule is CCCNC(Cc1c(Cl)c(CC)nn1C)C(C)(CC)OC. The molecule has 4 nitrogen and oxygen atoms in total.